The van der Waals surface area contributed by atoms with E-state index in [1.54, 1.807) is 6.92 Å². The SMILES string of the molecule is CCOC(=O)C(O)(CC)C1CCC(CC)CC1. The summed E-state index contributed by atoms with van der Waals surface area (Å²) in [5.41, 5.74) is -1.26. The summed E-state index contributed by atoms with van der Waals surface area (Å²) in [6.07, 6.45) is 5.80. The van der Waals surface area contributed by atoms with Crippen LogP contribution < -0.4 is 0 Å². The van der Waals surface area contributed by atoms with E-state index in [0.29, 0.717) is 13.0 Å². The van der Waals surface area contributed by atoms with Crippen molar-refractivity contribution in [2.24, 2.45) is 11.8 Å². The van der Waals surface area contributed by atoms with Crippen LogP contribution in [0.1, 0.15) is 59.3 Å². The summed E-state index contributed by atoms with van der Waals surface area (Å²) in [5, 5.41) is 10.5. The third-order valence-electron chi connectivity index (χ3n) is 4.27. The van der Waals surface area contributed by atoms with E-state index in [-0.39, 0.29) is 5.92 Å². The molecule has 0 aromatic rings. The summed E-state index contributed by atoms with van der Waals surface area (Å²) in [4.78, 5) is 11.9. The first-order chi connectivity index (χ1) is 8.08. The Balaban J connectivity index is 2.64. The van der Waals surface area contributed by atoms with Gasteiger partial charge in [-0.2, -0.15) is 0 Å². The second-order valence-corrected chi connectivity index (χ2v) is 5.12. The Morgan fingerprint density at radius 2 is 1.82 bits per heavy atom. The molecule has 1 saturated carbocycles. The molecule has 0 aliphatic heterocycles. The summed E-state index contributed by atoms with van der Waals surface area (Å²) in [6.45, 7) is 6.19. The Morgan fingerprint density at radius 1 is 1.24 bits per heavy atom. The molecule has 0 spiro atoms. The molecule has 1 fully saturated rings. The number of carbonyl (C=O) groups excluding carboxylic acids is 1. The molecule has 1 N–H and O–H groups in total. The molecule has 0 aromatic heterocycles. The van der Waals surface area contributed by atoms with Gasteiger partial charge >= 0.3 is 5.97 Å². The van der Waals surface area contributed by atoms with Gasteiger partial charge in [0.15, 0.2) is 5.60 Å². The first kappa shape index (κ1) is 14.5. The van der Waals surface area contributed by atoms with E-state index < -0.39 is 11.6 Å². The van der Waals surface area contributed by atoms with E-state index in [9.17, 15) is 9.90 Å². The number of hydrogen-bond acceptors (Lipinski definition) is 3. The van der Waals surface area contributed by atoms with Gasteiger partial charge in [-0.1, -0.05) is 33.1 Å². The van der Waals surface area contributed by atoms with E-state index in [1.807, 2.05) is 6.92 Å². The number of ether oxygens (including phenoxy) is 1. The summed E-state index contributed by atoms with van der Waals surface area (Å²) in [7, 11) is 0. The minimum atomic E-state index is -1.26. The monoisotopic (exact) mass is 242 g/mol. The fraction of sp³-hybridized carbons (Fsp3) is 0.929. The van der Waals surface area contributed by atoms with Crippen LogP contribution in [0.15, 0.2) is 0 Å². The van der Waals surface area contributed by atoms with Crippen LogP contribution in [0.4, 0.5) is 0 Å². The summed E-state index contributed by atoms with van der Waals surface area (Å²) >= 11 is 0. The molecule has 1 atom stereocenters. The molecule has 0 bridgehead atoms. The van der Waals surface area contributed by atoms with Gasteiger partial charge in [0, 0.05) is 0 Å². The summed E-state index contributed by atoms with van der Waals surface area (Å²) < 4.78 is 5.02. The second-order valence-electron chi connectivity index (χ2n) is 5.12. The smallest absolute Gasteiger partial charge is 0.338 e. The molecular formula is C14H26O3. The topological polar surface area (TPSA) is 46.5 Å². The lowest BCUT2D eigenvalue weighted by molar-refractivity contribution is -0.174. The molecule has 100 valence electrons. The van der Waals surface area contributed by atoms with Crippen LogP contribution in [0.2, 0.25) is 0 Å². The first-order valence-electron chi connectivity index (χ1n) is 6.98. The predicted octanol–water partition coefficient (Wildman–Crippen LogP) is 2.91. The molecule has 0 radical (unpaired) electrons. The van der Waals surface area contributed by atoms with Gasteiger partial charge in [0.05, 0.1) is 6.61 Å². The van der Waals surface area contributed by atoms with E-state index in [1.165, 1.54) is 6.42 Å². The van der Waals surface area contributed by atoms with Gasteiger partial charge in [-0.25, -0.2) is 4.79 Å². The zero-order chi connectivity index (χ0) is 12.9. The lowest BCUT2D eigenvalue weighted by atomic mass is 9.72. The van der Waals surface area contributed by atoms with Gasteiger partial charge < -0.3 is 9.84 Å². The summed E-state index contributed by atoms with van der Waals surface area (Å²) in [5.74, 6) is 0.423. The number of rotatable bonds is 5. The fourth-order valence-electron chi connectivity index (χ4n) is 2.90. The van der Waals surface area contributed by atoms with Gasteiger partial charge in [-0.3, -0.25) is 0 Å². The highest BCUT2D eigenvalue weighted by Crippen LogP contribution is 2.38. The van der Waals surface area contributed by atoms with Crippen molar-refractivity contribution in [2.45, 2.75) is 64.9 Å². The van der Waals surface area contributed by atoms with Gasteiger partial charge in [0.1, 0.15) is 0 Å². The molecule has 0 saturated heterocycles. The van der Waals surface area contributed by atoms with Crippen molar-refractivity contribution in [2.75, 3.05) is 6.61 Å². The van der Waals surface area contributed by atoms with Crippen LogP contribution in [-0.4, -0.2) is 23.3 Å². The van der Waals surface area contributed by atoms with Crippen molar-refractivity contribution in [3.63, 3.8) is 0 Å². The van der Waals surface area contributed by atoms with Crippen LogP contribution in [0.5, 0.6) is 0 Å². The van der Waals surface area contributed by atoms with Gasteiger partial charge in [0.25, 0.3) is 0 Å². The van der Waals surface area contributed by atoms with E-state index >= 15 is 0 Å². The zero-order valence-electron chi connectivity index (χ0n) is 11.4. The maximum Gasteiger partial charge on any atom is 0.338 e. The van der Waals surface area contributed by atoms with Crippen LogP contribution >= 0.6 is 0 Å². The third kappa shape index (κ3) is 3.21. The second kappa shape index (κ2) is 6.39. The van der Waals surface area contributed by atoms with Gasteiger partial charge in [-0.05, 0) is 38.0 Å². The molecule has 17 heavy (non-hydrogen) atoms. The van der Waals surface area contributed by atoms with Crippen molar-refractivity contribution in [3.8, 4) is 0 Å². The zero-order valence-corrected chi connectivity index (χ0v) is 11.4. The standard InChI is InChI=1S/C14H26O3/c1-4-11-7-9-12(10-8-11)14(16,5-2)13(15)17-6-3/h11-12,16H,4-10H2,1-3H3. The molecule has 1 rings (SSSR count). The Hall–Kier alpha value is -0.570. The molecular weight excluding hydrogens is 216 g/mol. The molecule has 1 aliphatic rings. The molecule has 0 heterocycles. The van der Waals surface area contributed by atoms with Crippen LogP contribution in [0, 0.1) is 11.8 Å². The molecule has 1 unspecified atom stereocenters. The highest BCUT2D eigenvalue weighted by molar-refractivity contribution is 5.79. The summed E-state index contributed by atoms with van der Waals surface area (Å²) in [6, 6.07) is 0. The van der Waals surface area contributed by atoms with E-state index in [4.69, 9.17) is 4.74 Å². The van der Waals surface area contributed by atoms with Crippen molar-refractivity contribution in [1.82, 2.24) is 0 Å². The minimum Gasteiger partial charge on any atom is -0.464 e. The van der Waals surface area contributed by atoms with E-state index in [0.717, 1.165) is 31.6 Å². The first-order valence-corrected chi connectivity index (χ1v) is 6.98. The predicted molar refractivity (Wildman–Crippen MR) is 67.6 cm³/mol. The van der Waals surface area contributed by atoms with Crippen molar-refractivity contribution >= 4 is 5.97 Å². The van der Waals surface area contributed by atoms with Crippen molar-refractivity contribution in [3.05, 3.63) is 0 Å². The minimum absolute atomic E-state index is 0.0781. The average molecular weight is 242 g/mol. The van der Waals surface area contributed by atoms with Crippen molar-refractivity contribution < 1.29 is 14.6 Å². The Kier molecular flexibility index (Phi) is 5.44. The molecule has 0 amide bonds. The average Bonchev–Trinajstić information content (AvgIpc) is 2.38. The number of hydrogen-bond donors (Lipinski definition) is 1. The largest absolute Gasteiger partial charge is 0.464 e. The molecule has 3 nitrogen and oxygen atoms in total. The number of carbonyl (C=O) groups is 1. The van der Waals surface area contributed by atoms with E-state index in [2.05, 4.69) is 6.92 Å². The highest BCUT2D eigenvalue weighted by atomic mass is 16.5. The van der Waals surface area contributed by atoms with Crippen LogP contribution in [-0.2, 0) is 9.53 Å². The maximum absolute atomic E-state index is 11.9. The maximum atomic E-state index is 11.9. The molecule has 3 heteroatoms. The normalized spacial score (nSPS) is 28.5. The van der Waals surface area contributed by atoms with Gasteiger partial charge in [-0.15, -0.1) is 0 Å². The quantitative estimate of drug-likeness (QED) is 0.754. The van der Waals surface area contributed by atoms with Crippen LogP contribution in [0.3, 0.4) is 0 Å². The Bertz CT molecular complexity index is 244. The number of esters is 1. The lowest BCUT2D eigenvalue weighted by Crippen LogP contribution is -2.47. The number of aliphatic hydroxyl groups is 1. The third-order valence-corrected chi connectivity index (χ3v) is 4.27. The Morgan fingerprint density at radius 3 is 2.24 bits per heavy atom. The Labute approximate surface area is 105 Å². The molecule has 0 aromatic carbocycles. The highest BCUT2D eigenvalue weighted by Gasteiger charge is 2.44. The van der Waals surface area contributed by atoms with Crippen molar-refractivity contribution in [1.29, 1.82) is 0 Å². The van der Waals surface area contributed by atoms with Gasteiger partial charge in [0.2, 0.25) is 0 Å². The lowest BCUT2D eigenvalue weighted by Gasteiger charge is -2.37. The fourth-order valence-corrected chi connectivity index (χ4v) is 2.90. The van der Waals surface area contributed by atoms with Crippen LogP contribution in [0.25, 0.3) is 0 Å². The molecule has 1 aliphatic carbocycles.